The van der Waals surface area contributed by atoms with Crippen LogP contribution >= 0.6 is 11.3 Å². The molecule has 2 aromatic heterocycles. The normalized spacial score (nSPS) is 12.0. The Bertz CT molecular complexity index is 916. The molecule has 140 valence electrons. The summed E-state index contributed by atoms with van der Waals surface area (Å²) in [5.74, 6) is -1.22. The molecule has 0 aliphatic carbocycles. The van der Waals surface area contributed by atoms with E-state index >= 15 is 0 Å². The van der Waals surface area contributed by atoms with E-state index < -0.39 is 5.97 Å². The van der Waals surface area contributed by atoms with E-state index in [2.05, 4.69) is 15.4 Å². The summed E-state index contributed by atoms with van der Waals surface area (Å²) in [4.78, 5) is 40.4. The van der Waals surface area contributed by atoms with Crippen LogP contribution in [-0.4, -0.2) is 37.8 Å². The number of hydrogen-bond donors (Lipinski definition) is 2. The Morgan fingerprint density at radius 2 is 1.92 bits per heavy atom. The minimum Gasteiger partial charge on any atom is -0.481 e. The highest BCUT2D eigenvalue weighted by molar-refractivity contribution is 7.17. The van der Waals surface area contributed by atoms with Crippen LogP contribution < -0.4 is 10.9 Å². The molecule has 2 N–H and O–H groups in total. The molecule has 2 heterocycles. The highest BCUT2D eigenvalue weighted by Gasteiger charge is 2.22. The third kappa shape index (κ3) is 4.16. The number of carboxylic acid groups (broad SMARTS) is 1. The van der Waals surface area contributed by atoms with Gasteiger partial charge in [0.15, 0.2) is 0 Å². The lowest BCUT2D eigenvalue weighted by Gasteiger charge is -2.11. The van der Waals surface area contributed by atoms with Crippen LogP contribution in [0.3, 0.4) is 0 Å². The van der Waals surface area contributed by atoms with Crippen molar-refractivity contribution in [3.05, 3.63) is 32.2 Å². The number of amides is 1. The van der Waals surface area contributed by atoms with Gasteiger partial charge >= 0.3 is 5.97 Å². The molecule has 2 rings (SSSR count). The van der Waals surface area contributed by atoms with E-state index in [9.17, 15) is 14.4 Å². The molecule has 0 aromatic carbocycles. The first-order chi connectivity index (χ1) is 12.1. The molecule has 1 unspecified atom stereocenters. The van der Waals surface area contributed by atoms with Crippen molar-refractivity contribution in [2.45, 2.75) is 46.6 Å². The number of carbonyl (C=O) groups is 2. The van der Waals surface area contributed by atoms with Crippen LogP contribution in [0, 0.1) is 20.8 Å². The second-order valence-corrected chi connectivity index (χ2v) is 7.25. The minimum atomic E-state index is -0.901. The molecular formula is C17H22N4O4S. The van der Waals surface area contributed by atoms with Crippen molar-refractivity contribution in [3.8, 4) is 10.6 Å². The van der Waals surface area contributed by atoms with E-state index in [1.807, 2.05) is 13.8 Å². The Kier molecular flexibility index (Phi) is 5.91. The molecule has 0 bridgehead atoms. The molecule has 1 atom stereocenters. The average molecular weight is 378 g/mol. The van der Waals surface area contributed by atoms with Crippen molar-refractivity contribution in [1.29, 1.82) is 0 Å². The molecule has 8 nitrogen and oxygen atoms in total. The molecule has 0 saturated carbocycles. The van der Waals surface area contributed by atoms with Gasteiger partial charge in [0, 0.05) is 19.5 Å². The number of rotatable bonds is 6. The Hall–Kier alpha value is -2.55. The number of aromatic nitrogens is 3. The summed E-state index contributed by atoms with van der Waals surface area (Å²) in [6, 6.07) is -0.277. The fourth-order valence-corrected chi connectivity index (χ4v) is 3.58. The maximum absolute atomic E-state index is 12.5. The lowest BCUT2D eigenvalue weighted by Crippen LogP contribution is -2.32. The van der Waals surface area contributed by atoms with Gasteiger partial charge in [0.1, 0.15) is 9.88 Å². The fraction of sp³-hybridized carbons (Fsp3) is 0.471. The van der Waals surface area contributed by atoms with Gasteiger partial charge in [-0.15, -0.1) is 11.3 Å². The molecule has 0 aliphatic rings. The van der Waals surface area contributed by atoms with Gasteiger partial charge in [-0.25, -0.2) is 9.67 Å². The number of aryl methyl sites for hydroxylation is 3. The average Bonchev–Trinajstić information content (AvgIpc) is 2.93. The number of carbonyl (C=O) groups excluding carboxylic acids is 1. The quantitative estimate of drug-likeness (QED) is 0.792. The van der Waals surface area contributed by atoms with Gasteiger partial charge in [-0.3, -0.25) is 14.4 Å². The van der Waals surface area contributed by atoms with E-state index in [1.54, 1.807) is 20.9 Å². The van der Waals surface area contributed by atoms with Crippen molar-refractivity contribution >= 4 is 23.2 Å². The maximum Gasteiger partial charge on any atom is 0.303 e. The number of nitrogens with zero attached hydrogens (tertiary/aromatic N) is 3. The predicted molar refractivity (Wildman–Crippen MR) is 98.6 cm³/mol. The maximum atomic E-state index is 12.5. The number of nitrogens with one attached hydrogen (secondary N) is 1. The summed E-state index contributed by atoms with van der Waals surface area (Å²) in [6.07, 6.45) is 0.328. The number of aliphatic carboxylic acids is 1. The summed E-state index contributed by atoms with van der Waals surface area (Å²) in [5.41, 5.74) is 2.19. The van der Waals surface area contributed by atoms with Crippen molar-refractivity contribution in [1.82, 2.24) is 20.1 Å². The van der Waals surface area contributed by atoms with E-state index in [0.717, 1.165) is 22.6 Å². The fourth-order valence-electron chi connectivity index (χ4n) is 2.52. The molecular weight excluding hydrogens is 356 g/mol. The van der Waals surface area contributed by atoms with Gasteiger partial charge < -0.3 is 10.4 Å². The van der Waals surface area contributed by atoms with Crippen LogP contribution in [0.2, 0.25) is 0 Å². The Morgan fingerprint density at radius 3 is 2.54 bits per heavy atom. The van der Waals surface area contributed by atoms with Crippen molar-refractivity contribution < 1.29 is 14.7 Å². The lowest BCUT2D eigenvalue weighted by molar-refractivity contribution is -0.137. The van der Waals surface area contributed by atoms with Crippen molar-refractivity contribution in [2.75, 3.05) is 0 Å². The summed E-state index contributed by atoms with van der Waals surface area (Å²) >= 11 is 1.15. The van der Waals surface area contributed by atoms with Crippen LogP contribution in [0.5, 0.6) is 0 Å². The van der Waals surface area contributed by atoms with Gasteiger partial charge in [-0.05, 0) is 39.7 Å². The zero-order valence-corrected chi connectivity index (χ0v) is 16.2. The van der Waals surface area contributed by atoms with Crippen LogP contribution in [0.1, 0.15) is 46.4 Å². The second kappa shape index (κ2) is 7.77. The van der Waals surface area contributed by atoms with E-state index in [1.165, 1.54) is 4.68 Å². The lowest BCUT2D eigenvalue weighted by atomic mass is 10.1. The summed E-state index contributed by atoms with van der Waals surface area (Å²) in [7, 11) is 1.58. The molecule has 2 aromatic rings. The molecule has 0 aliphatic heterocycles. The second-order valence-electron chi connectivity index (χ2n) is 6.25. The van der Waals surface area contributed by atoms with Crippen LogP contribution in [0.4, 0.5) is 0 Å². The van der Waals surface area contributed by atoms with E-state index in [0.29, 0.717) is 27.6 Å². The summed E-state index contributed by atoms with van der Waals surface area (Å²) in [5, 5.41) is 16.1. The molecule has 0 saturated heterocycles. The first-order valence-corrected chi connectivity index (χ1v) is 8.98. The Morgan fingerprint density at radius 1 is 1.27 bits per heavy atom. The van der Waals surface area contributed by atoms with E-state index in [4.69, 9.17) is 5.11 Å². The standard InChI is InChI=1S/C17H22N4O4S/c1-8(6-7-12(22)23)18-15(24)14-11(4)19-16(26-14)13-9(2)10(3)20-21(5)17(13)25/h8H,6-7H2,1-5H3,(H,18,24)(H,22,23). The van der Waals surface area contributed by atoms with Crippen molar-refractivity contribution in [3.63, 3.8) is 0 Å². The first-order valence-electron chi connectivity index (χ1n) is 8.16. The largest absolute Gasteiger partial charge is 0.481 e. The monoisotopic (exact) mass is 378 g/mol. The third-order valence-electron chi connectivity index (χ3n) is 4.11. The molecule has 1 amide bonds. The van der Waals surface area contributed by atoms with Gasteiger partial charge in [0.25, 0.3) is 11.5 Å². The molecule has 0 radical (unpaired) electrons. The summed E-state index contributed by atoms with van der Waals surface area (Å²) < 4.78 is 1.27. The van der Waals surface area contributed by atoms with Crippen LogP contribution in [-0.2, 0) is 11.8 Å². The van der Waals surface area contributed by atoms with Crippen LogP contribution in [0.15, 0.2) is 4.79 Å². The van der Waals surface area contributed by atoms with E-state index in [-0.39, 0.29) is 23.9 Å². The van der Waals surface area contributed by atoms with Gasteiger partial charge in [-0.1, -0.05) is 0 Å². The Balaban J connectivity index is 2.32. The molecule has 0 spiro atoms. The molecule has 26 heavy (non-hydrogen) atoms. The minimum absolute atomic E-state index is 0.0140. The van der Waals surface area contributed by atoms with Gasteiger partial charge in [0.2, 0.25) is 0 Å². The summed E-state index contributed by atoms with van der Waals surface area (Å²) in [6.45, 7) is 7.09. The zero-order chi connectivity index (χ0) is 19.6. The SMILES string of the molecule is Cc1nc(-c2c(C)c(C)nn(C)c2=O)sc1C(=O)NC(C)CCC(=O)O. The number of hydrogen-bond acceptors (Lipinski definition) is 6. The topological polar surface area (TPSA) is 114 Å². The highest BCUT2D eigenvalue weighted by Crippen LogP contribution is 2.28. The zero-order valence-electron chi connectivity index (χ0n) is 15.4. The van der Waals surface area contributed by atoms with Gasteiger partial charge in [0.05, 0.1) is 17.0 Å². The van der Waals surface area contributed by atoms with Gasteiger partial charge in [-0.2, -0.15) is 5.10 Å². The number of thiazole rings is 1. The van der Waals surface area contributed by atoms with Crippen LogP contribution in [0.25, 0.3) is 10.6 Å². The molecule has 9 heteroatoms. The highest BCUT2D eigenvalue weighted by atomic mass is 32.1. The number of carboxylic acids is 1. The molecule has 0 fully saturated rings. The smallest absolute Gasteiger partial charge is 0.303 e. The third-order valence-corrected chi connectivity index (χ3v) is 5.28. The Labute approximate surface area is 154 Å². The predicted octanol–water partition coefficient (Wildman–Crippen LogP) is 1.81. The van der Waals surface area contributed by atoms with Crippen molar-refractivity contribution in [2.24, 2.45) is 7.05 Å². The first kappa shape index (κ1) is 19.8.